The van der Waals surface area contributed by atoms with Crippen molar-refractivity contribution in [1.29, 1.82) is 0 Å². The maximum Gasteiger partial charge on any atom is 0.261 e. The number of hydrogen-bond donors (Lipinski definition) is 2. The number of ether oxygens (including phenoxy) is 1. The number of nitrogens with one attached hydrogen (secondary N) is 1. The van der Waals surface area contributed by atoms with E-state index in [2.05, 4.69) is 28.6 Å². The fourth-order valence-electron chi connectivity index (χ4n) is 2.95. The first kappa shape index (κ1) is 17.8. The molecule has 0 aromatic heterocycles. The average Bonchev–Trinajstić information content (AvgIpc) is 2.68. The van der Waals surface area contributed by atoms with Crippen LogP contribution in [-0.2, 0) is 11.3 Å². The second-order valence-electron chi connectivity index (χ2n) is 5.97. The third kappa shape index (κ3) is 4.34. The van der Waals surface area contributed by atoms with Crippen molar-refractivity contribution >= 4 is 17.9 Å². The zero-order chi connectivity index (χ0) is 17.6. The van der Waals surface area contributed by atoms with Crippen LogP contribution in [0.15, 0.2) is 48.5 Å². The number of nitrogens with zero attached hydrogens (tertiary/aromatic N) is 1. The summed E-state index contributed by atoms with van der Waals surface area (Å²) in [6.07, 6.45) is 1.75. The Morgan fingerprint density at radius 1 is 1.20 bits per heavy atom. The second-order valence-corrected chi connectivity index (χ2v) is 7.10. The minimum absolute atomic E-state index is 0.287. The lowest BCUT2D eigenvalue weighted by molar-refractivity contribution is -0.133. The molecule has 1 aliphatic heterocycles. The molecule has 0 spiro atoms. The first-order chi connectivity index (χ1) is 12.2. The number of hydroxylamine groups is 1. The third-order valence-corrected chi connectivity index (χ3v) is 5.54. The van der Waals surface area contributed by atoms with Gasteiger partial charge in [0.2, 0.25) is 0 Å². The normalized spacial score (nSPS) is 17.9. The highest BCUT2D eigenvalue weighted by molar-refractivity contribution is 7.97. The highest BCUT2D eigenvalue weighted by Gasteiger charge is 2.29. The summed E-state index contributed by atoms with van der Waals surface area (Å²) in [4.78, 5) is 11.8. The van der Waals surface area contributed by atoms with Gasteiger partial charge in [-0.2, -0.15) is 0 Å². The van der Waals surface area contributed by atoms with Gasteiger partial charge in [-0.05, 0) is 41.7 Å². The molecular weight excluding hydrogens is 336 g/mol. The van der Waals surface area contributed by atoms with Crippen LogP contribution in [0.2, 0.25) is 0 Å². The molecule has 1 atom stereocenters. The standard InChI is InChI=1S/C19H22N2O3S/c1-24-17-10-8-16(9-11-17)15-6-4-14(5-7-15)13-21-18(19(22)20-23)3-2-12-25-21/h4-11,18,23H,2-3,12-13H2,1H3,(H,20,22)/t18-/m1/s1. The molecule has 1 saturated heterocycles. The summed E-state index contributed by atoms with van der Waals surface area (Å²) < 4.78 is 7.24. The van der Waals surface area contributed by atoms with Crippen LogP contribution in [-0.4, -0.2) is 34.3 Å². The van der Waals surface area contributed by atoms with Crippen molar-refractivity contribution in [3.05, 3.63) is 54.1 Å². The van der Waals surface area contributed by atoms with Crippen molar-refractivity contribution in [2.45, 2.75) is 25.4 Å². The Hall–Kier alpha value is -2.02. The van der Waals surface area contributed by atoms with Crippen molar-refractivity contribution < 1.29 is 14.7 Å². The number of carbonyl (C=O) groups is 1. The van der Waals surface area contributed by atoms with Crippen LogP contribution in [0.3, 0.4) is 0 Å². The van der Waals surface area contributed by atoms with Gasteiger partial charge in [-0.1, -0.05) is 48.3 Å². The minimum atomic E-state index is -0.331. The molecule has 0 bridgehead atoms. The van der Waals surface area contributed by atoms with Gasteiger partial charge in [0.15, 0.2) is 0 Å². The number of methoxy groups -OCH3 is 1. The fraction of sp³-hybridized carbons (Fsp3) is 0.316. The Bertz CT molecular complexity index is 704. The van der Waals surface area contributed by atoms with E-state index < -0.39 is 0 Å². The molecule has 2 aromatic carbocycles. The van der Waals surface area contributed by atoms with E-state index in [1.807, 2.05) is 24.3 Å². The van der Waals surface area contributed by atoms with Gasteiger partial charge in [0.25, 0.3) is 5.91 Å². The highest BCUT2D eigenvalue weighted by atomic mass is 32.2. The largest absolute Gasteiger partial charge is 0.497 e. The van der Waals surface area contributed by atoms with Crippen LogP contribution in [0, 0.1) is 0 Å². The minimum Gasteiger partial charge on any atom is -0.497 e. The number of rotatable bonds is 5. The molecule has 25 heavy (non-hydrogen) atoms. The highest BCUT2D eigenvalue weighted by Crippen LogP contribution is 2.29. The van der Waals surface area contributed by atoms with Crippen molar-refractivity contribution in [2.75, 3.05) is 12.9 Å². The summed E-state index contributed by atoms with van der Waals surface area (Å²) in [5, 5.41) is 8.93. The molecule has 5 nitrogen and oxygen atoms in total. The molecule has 0 radical (unpaired) electrons. The molecule has 0 aliphatic carbocycles. The van der Waals surface area contributed by atoms with Gasteiger partial charge in [0, 0.05) is 12.3 Å². The summed E-state index contributed by atoms with van der Waals surface area (Å²) in [6.45, 7) is 0.672. The Kier molecular flexibility index (Phi) is 5.96. The lowest BCUT2D eigenvalue weighted by atomic mass is 10.0. The Balaban J connectivity index is 1.70. The van der Waals surface area contributed by atoms with Crippen molar-refractivity contribution in [1.82, 2.24) is 9.79 Å². The monoisotopic (exact) mass is 358 g/mol. The van der Waals surface area contributed by atoms with Crippen LogP contribution < -0.4 is 10.2 Å². The molecule has 3 rings (SSSR count). The van der Waals surface area contributed by atoms with Crippen LogP contribution in [0.5, 0.6) is 5.75 Å². The van der Waals surface area contributed by atoms with Gasteiger partial charge in [0.1, 0.15) is 11.8 Å². The first-order valence-electron chi connectivity index (χ1n) is 8.28. The van der Waals surface area contributed by atoms with E-state index >= 15 is 0 Å². The van der Waals surface area contributed by atoms with E-state index in [1.54, 1.807) is 24.5 Å². The summed E-state index contributed by atoms with van der Waals surface area (Å²) in [7, 11) is 1.66. The molecule has 1 aliphatic rings. The lowest BCUT2D eigenvalue weighted by Gasteiger charge is -2.32. The molecule has 132 valence electrons. The third-order valence-electron chi connectivity index (χ3n) is 4.36. The summed E-state index contributed by atoms with van der Waals surface area (Å²) in [6, 6.07) is 16.0. The second kappa shape index (κ2) is 8.38. The summed E-state index contributed by atoms with van der Waals surface area (Å²) in [5.41, 5.74) is 5.20. The number of carbonyl (C=O) groups excluding carboxylic acids is 1. The molecular formula is C19H22N2O3S. The van der Waals surface area contributed by atoms with Gasteiger partial charge in [-0.25, -0.2) is 9.79 Å². The van der Waals surface area contributed by atoms with Crippen LogP contribution >= 0.6 is 11.9 Å². The molecule has 6 heteroatoms. The Morgan fingerprint density at radius 3 is 2.44 bits per heavy atom. The van der Waals surface area contributed by atoms with Crippen LogP contribution in [0.1, 0.15) is 18.4 Å². The molecule has 1 fully saturated rings. The fourth-order valence-corrected chi connectivity index (χ4v) is 4.10. The van der Waals surface area contributed by atoms with Crippen molar-refractivity contribution in [3.8, 4) is 16.9 Å². The SMILES string of the molecule is COc1ccc(-c2ccc(CN3SCCC[C@@H]3C(=O)NO)cc2)cc1. The zero-order valence-corrected chi connectivity index (χ0v) is 15.0. The van der Waals surface area contributed by atoms with Gasteiger partial charge in [0.05, 0.1) is 7.11 Å². The van der Waals surface area contributed by atoms with Crippen LogP contribution in [0.4, 0.5) is 0 Å². The van der Waals surface area contributed by atoms with E-state index in [9.17, 15) is 4.79 Å². The van der Waals surface area contributed by atoms with E-state index in [0.29, 0.717) is 6.54 Å². The van der Waals surface area contributed by atoms with Gasteiger partial charge >= 0.3 is 0 Å². The Morgan fingerprint density at radius 2 is 1.84 bits per heavy atom. The van der Waals surface area contributed by atoms with Crippen molar-refractivity contribution in [2.24, 2.45) is 0 Å². The molecule has 1 heterocycles. The van der Waals surface area contributed by atoms with E-state index in [4.69, 9.17) is 9.94 Å². The molecule has 0 saturated carbocycles. The number of benzene rings is 2. The van der Waals surface area contributed by atoms with Gasteiger partial charge in [-0.3, -0.25) is 10.0 Å². The van der Waals surface area contributed by atoms with E-state index in [0.717, 1.165) is 41.0 Å². The zero-order valence-electron chi connectivity index (χ0n) is 14.1. The predicted molar refractivity (Wildman–Crippen MR) is 99.4 cm³/mol. The molecule has 2 N–H and O–H groups in total. The average molecular weight is 358 g/mol. The number of hydrogen-bond acceptors (Lipinski definition) is 5. The first-order valence-corrected chi connectivity index (χ1v) is 9.22. The topological polar surface area (TPSA) is 61.8 Å². The maximum atomic E-state index is 11.8. The summed E-state index contributed by atoms with van der Waals surface area (Å²) >= 11 is 1.66. The van der Waals surface area contributed by atoms with E-state index in [-0.39, 0.29) is 11.9 Å². The van der Waals surface area contributed by atoms with E-state index in [1.165, 1.54) is 0 Å². The predicted octanol–water partition coefficient (Wildman–Crippen LogP) is 3.48. The number of amides is 1. The van der Waals surface area contributed by atoms with Crippen LogP contribution in [0.25, 0.3) is 11.1 Å². The Labute approximate surface area is 152 Å². The maximum absolute atomic E-state index is 11.8. The molecule has 0 unspecified atom stereocenters. The van der Waals surface area contributed by atoms with Gasteiger partial charge < -0.3 is 4.74 Å². The smallest absolute Gasteiger partial charge is 0.261 e. The van der Waals surface area contributed by atoms with Crippen molar-refractivity contribution in [3.63, 3.8) is 0 Å². The van der Waals surface area contributed by atoms with Gasteiger partial charge in [-0.15, -0.1) is 0 Å². The summed E-state index contributed by atoms with van der Waals surface area (Å²) in [5.74, 6) is 1.51. The lowest BCUT2D eigenvalue weighted by Crippen LogP contribution is -2.44. The molecule has 1 amide bonds. The quantitative estimate of drug-likeness (QED) is 0.487. The molecule has 2 aromatic rings.